The third kappa shape index (κ3) is 1.19. The van der Waals surface area contributed by atoms with E-state index in [1.807, 2.05) is 0 Å². The average molecular weight is 146 g/mol. The van der Waals surface area contributed by atoms with Crippen LogP contribution in [0.2, 0.25) is 0 Å². The van der Waals surface area contributed by atoms with Crippen LogP contribution in [-0.4, -0.2) is 41.5 Å². The van der Waals surface area contributed by atoms with Crippen molar-refractivity contribution in [3.8, 4) is 0 Å². The second kappa shape index (κ2) is 2.85. The maximum absolute atomic E-state index is 10.5. The number of aliphatic hydroxyl groups excluding tert-OH is 2. The highest BCUT2D eigenvalue weighted by molar-refractivity contribution is 5.77. The molecule has 2 atom stereocenters. The van der Waals surface area contributed by atoms with Gasteiger partial charge in [-0.15, -0.1) is 0 Å². The zero-order valence-corrected chi connectivity index (χ0v) is 5.37. The lowest BCUT2D eigenvalue weighted by Gasteiger charge is -2.11. The van der Waals surface area contributed by atoms with Gasteiger partial charge in [-0.25, -0.2) is 4.79 Å². The Bertz CT molecular complexity index is 125. The number of hydrogen-bond acceptors (Lipinski definition) is 3. The molecule has 0 aromatic rings. The van der Waals surface area contributed by atoms with Crippen LogP contribution in [0.5, 0.6) is 0 Å². The van der Waals surface area contributed by atoms with Gasteiger partial charge in [-0.1, -0.05) is 0 Å². The summed E-state index contributed by atoms with van der Waals surface area (Å²) in [5.41, 5.74) is 0. The lowest BCUT2D eigenvalue weighted by molar-refractivity contribution is 0.195. The van der Waals surface area contributed by atoms with Crippen molar-refractivity contribution in [2.24, 2.45) is 0 Å². The molecule has 5 heteroatoms. The van der Waals surface area contributed by atoms with Gasteiger partial charge in [0, 0.05) is 0 Å². The van der Waals surface area contributed by atoms with E-state index in [9.17, 15) is 4.79 Å². The number of rotatable bonds is 2. The smallest absolute Gasteiger partial charge is 0.315 e. The van der Waals surface area contributed by atoms with Crippen molar-refractivity contribution < 1.29 is 15.0 Å². The van der Waals surface area contributed by atoms with Crippen molar-refractivity contribution in [1.82, 2.24) is 10.6 Å². The molecule has 10 heavy (non-hydrogen) atoms. The Hall–Kier alpha value is -0.810. The predicted molar refractivity (Wildman–Crippen MR) is 33.4 cm³/mol. The molecule has 1 fully saturated rings. The largest absolute Gasteiger partial charge is 0.394 e. The minimum atomic E-state index is -0.350. The van der Waals surface area contributed by atoms with Crippen LogP contribution in [0.4, 0.5) is 4.79 Å². The molecule has 1 rings (SSSR count). The second-order valence-electron chi connectivity index (χ2n) is 2.20. The number of aliphatic hydroxyl groups is 2. The number of carbonyl (C=O) groups is 1. The van der Waals surface area contributed by atoms with E-state index in [1.54, 1.807) is 0 Å². The number of carbonyl (C=O) groups excluding carboxylic acids is 1. The third-order valence-electron chi connectivity index (χ3n) is 1.51. The van der Waals surface area contributed by atoms with Crippen LogP contribution in [-0.2, 0) is 0 Å². The van der Waals surface area contributed by atoms with Crippen molar-refractivity contribution in [1.29, 1.82) is 0 Å². The van der Waals surface area contributed by atoms with Crippen molar-refractivity contribution >= 4 is 6.03 Å². The monoisotopic (exact) mass is 146 g/mol. The summed E-state index contributed by atoms with van der Waals surface area (Å²) < 4.78 is 0. The summed E-state index contributed by atoms with van der Waals surface area (Å²) >= 11 is 0. The molecule has 0 aromatic carbocycles. The van der Waals surface area contributed by atoms with Gasteiger partial charge in [-0.2, -0.15) is 0 Å². The SMILES string of the molecule is O=C1NC(CO)C(CO)N1. The van der Waals surface area contributed by atoms with Gasteiger partial charge in [0.1, 0.15) is 0 Å². The zero-order chi connectivity index (χ0) is 7.56. The molecule has 2 amide bonds. The molecular formula is C5H10N2O3. The first-order valence-corrected chi connectivity index (χ1v) is 3.06. The number of urea groups is 1. The summed E-state index contributed by atoms with van der Waals surface area (Å²) in [6, 6.07) is -1.03. The van der Waals surface area contributed by atoms with E-state index in [0.717, 1.165) is 0 Å². The zero-order valence-electron chi connectivity index (χ0n) is 5.37. The van der Waals surface area contributed by atoms with E-state index in [4.69, 9.17) is 10.2 Å². The van der Waals surface area contributed by atoms with Gasteiger partial charge in [-0.3, -0.25) is 0 Å². The second-order valence-corrected chi connectivity index (χ2v) is 2.20. The van der Waals surface area contributed by atoms with Crippen LogP contribution in [0, 0.1) is 0 Å². The molecular weight excluding hydrogens is 136 g/mol. The van der Waals surface area contributed by atoms with Crippen molar-refractivity contribution in [3.63, 3.8) is 0 Å². The number of amides is 2. The number of hydrogen-bond donors (Lipinski definition) is 4. The maximum Gasteiger partial charge on any atom is 0.315 e. The minimum Gasteiger partial charge on any atom is -0.394 e. The van der Waals surface area contributed by atoms with Gasteiger partial charge in [-0.05, 0) is 0 Å². The molecule has 0 aliphatic carbocycles. The summed E-state index contributed by atoms with van der Waals surface area (Å²) in [6.07, 6.45) is 0. The first kappa shape index (κ1) is 7.30. The molecule has 5 nitrogen and oxygen atoms in total. The lowest BCUT2D eigenvalue weighted by atomic mass is 10.2. The summed E-state index contributed by atoms with van der Waals surface area (Å²) in [5.74, 6) is 0. The first-order chi connectivity index (χ1) is 4.77. The van der Waals surface area contributed by atoms with Gasteiger partial charge in [0.2, 0.25) is 0 Å². The molecule has 1 aliphatic heterocycles. The fourth-order valence-electron chi connectivity index (χ4n) is 0.925. The molecule has 2 unspecified atom stereocenters. The van der Waals surface area contributed by atoms with E-state index in [2.05, 4.69) is 10.6 Å². The van der Waals surface area contributed by atoms with Crippen LogP contribution in [0.15, 0.2) is 0 Å². The van der Waals surface area contributed by atoms with Crippen LogP contribution in [0.1, 0.15) is 0 Å². The minimum absolute atomic E-state index is 0.149. The van der Waals surface area contributed by atoms with Gasteiger partial charge < -0.3 is 20.8 Å². The molecule has 0 aromatic heterocycles. The van der Waals surface area contributed by atoms with Gasteiger partial charge in [0.15, 0.2) is 0 Å². The summed E-state index contributed by atoms with van der Waals surface area (Å²) in [7, 11) is 0. The molecule has 1 aliphatic rings. The molecule has 1 heterocycles. The summed E-state index contributed by atoms with van der Waals surface area (Å²) in [6.45, 7) is -0.298. The molecule has 1 saturated heterocycles. The molecule has 4 N–H and O–H groups in total. The van der Waals surface area contributed by atoms with E-state index in [-0.39, 0.29) is 31.3 Å². The quantitative estimate of drug-likeness (QED) is 0.364. The van der Waals surface area contributed by atoms with Crippen LogP contribution < -0.4 is 10.6 Å². The Labute approximate surface area is 58.0 Å². The third-order valence-corrected chi connectivity index (χ3v) is 1.51. The van der Waals surface area contributed by atoms with Crippen molar-refractivity contribution in [2.75, 3.05) is 13.2 Å². The summed E-state index contributed by atoms with van der Waals surface area (Å²) in [4.78, 5) is 10.5. The average Bonchev–Trinajstić information content (AvgIpc) is 2.30. The fraction of sp³-hybridized carbons (Fsp3) is 0.800. The Kier molecular flexibility index (Phi) is 2.08. The van der Waals surface area contributed by atoms with Crippen molar-refractivity contribution in [2.45, 2.75) is 12.1 Å². The Morgan fingerprint density at radius 1 is 1.20 bits per heavy atom. The van der Waals surface area contributed by atoms with Gasteiger partial charge in [0.05, 0.1) is 25.3 Å². The Balaban J connectivity index is 2.48. The highest BCUT2D eigenvalue weighted by atomic mass is 16.3. The van der Waals surface area contributed by atoms with E-state index in [0.29, 0.717) is 0 Å². The maximum atomic E-state index is 10.5. The molecule has 58 valence electrons. The molecule has 0 saturated carbocycles. The van der Waals surface area contributed by atoms with E-state index >= 15 is 0 Å². The predicted octanol–water partition coefficient (Wildman–Crippen LogP) is -1.98. The first-order valence-electron chi connectivity index (χ1n) is 3.06. The highest BCUT2D eigenvalue weighted by Crippen LogP contribution is 1.98. The highest BCUT2D eigenvalue weighted by Gasteiger charge is 2.29. The van der Waals surface area contributed by atoms with Crippen LogP contribution >= 0.6 is 0 Å². The molecule has 0 bridgehead atoms. The van der Waals surface area contributed by atoms with Crippen molar-refractivity contribution in [3.05, 3.63) is 0 Å². The number of nitrogens with one attached hydrogen (secondary N) is 2. The molecule has 0 spiro atoms. The van der Waals surface area contributed by atoms with E-state index in [1.165, 1.54) is 0 Å². The normalized spacial score (nSPS) is 31.6. The Morgan fingerprint density at radius 3 is 1.90 bits per heavy atom. The van der Waals surface area contributed by atoms with Gasteiger partial charge >= 0.3 is 6.03 Å². The fourth-order valence-corrected chi connectivity index (χ4v) is 0.925. The summed E-state index contributed by atoms with van der Waals surface area (Å²) in [5, 5.41) is 22.1. The van der Waals surface area contributed by atoms with Crippen LogP contribution in [0.25, 0.3) is 0 Å². The molecule has 0 radical (unpaired) electrons. The topological polar surface area (TPSA) is 81.6 Å². The van der Waals surface area contributed by atoms with Crippen LogP contribution in [0.3, 0.4) is 0 Å². The standard InChI is InChI=1S/C5H10N2O3/c8-1-3-4(2-9)7-5(10)6-3/h3-4,8-9H,1-2H2,(H2,6,7,10). The van der Waals surface area contributed by atoms with Gasteiger partial charge in [0.25, 0.3) is 0 Å². The lowest BCUT2D eigenvalue weighted by Crippen LogP contribution is -2.39. The van der Waals surface area contributed by atoms with E-state index < -0.39 is 0 Å². The Morgan fingerprint density at radius 2 is 1.60 bits per heavy atom.